The van der Waals surface area contributed by atoms with E-state index in [9.17, 15) is 8.42 Å². The molecule has 2 aromatic rings. The first-order valence-corrected chi connectivity index (χ1v) is 10.5. The molecular weight excluding hydrogens is 393 g/mol. The van der Waals surface area contributed by atoms with Crippen molar-refractivity contribution in [2.24, 2.45) is 4.99 Å². The minimum absolute atomic E-state index is 0.308. The molecule has 0 atom stereocenters. The predicted molar refractivity (Wildman–Crippen MR) is 108 cm³/mol. The summed E-state index contributed by atoms with van der Waals surface area (Å²) in [4.78, 5) is 6.54. The van der Waals surface area contributed by atoms with Gasteiger partial charge in [-0.3, -0.25) is 4.99 Å². The molecule has 2 aromatic carbocycles. The Labute approximate surface area is 164 Å². The topological polar surface area (TPSA) is 61.8 Å². The number of nitrogens with one attached hydrogen (secondary N) is 1. The molecule has 0 radical (unpaired) electrons. The van der Waals surface area contributed by atoms with Crippen molar-refractivity contribution in [1.29, 1.82) is 0 Å². The summed E-state index contributed by atoms with van der Waals surface area (Å²) in [6, 6.07) is 12.3. The highest BCUT2D eigenvalue weighted by atomic mass is 35.5. The van der Waals surface area contributed by atoms with Gasteiger partial charge in [0.25, 0.3) is 0 Å². The predicted octanol–water partition coefficient (Wildman–Crippen LogP) is 3.60. The van der Waals surface area contributed by atoms with Crippen LogP contribution in [0.5, 0.6) is 0 Å². The molecule has 0 aromatic heterocycles. The highest BCUT2D eigenvalue weighted by Crippen LogP contribution is 2.23. The van der Waals surface area contributed by atoms with Gasteiger partial charge in [0.15, 0.2) is 15.8 Å². The molecule has 0 aliphatic rings. The minimum Gasteiger partial charge on any atom is -0.352 e. The van der Waals surface area contributed by atoms with Crippen molar-refractivity contribution in [2.45, 2.75) is 18.0 Å². The molecule has 0 amide bonds. The SMILES string of the molecule is CN=C(NCc1ccc(S(C)(=O)=O)cc1)N(C)Cc1ccc(Cl)c(Cl)c1. The van der Waals surface area contributed by atoms with Crippen LogP contribution in [0.25, 0.3) is 0 Å². The lowest BCUT2D eigenvalue weighted by atomic mass is 10.2. The highest BCUT2D eigenvalue weighted by molar-refractivity contribution is 7.90. The molecule has 5 nitrogen and oxygen atoms in total. The van der Waals surface area contributed by atoms with E-state index in [-0.39, 0.29) is 0 Å². The standard InChI is InChI=1S/C18H21Cl2N3O2S/c1-21-18(23(2)12-14-6-9-16(19)17(20)10-14)22-11-13-4-7-15(8-5-13)26(3,24)25/h4-10H,11-12H2,1-3H3,(H,21,22). The number of hydrogen-bond acceptors (Lipinski definition) is 3. The van der Waals surface area contributed by atoms with Gasteiger partial charge in [-0.25, -0.2) is 8.42 Å². The van der Waals surface area contributed by atoms with E-state index in [1.807, 2.05) is 24.1 Å². The van der Waals surface area contributed by atoms with Crippen molar-refractivity contribution in [3.63, 3.8) is 0 Å². The maximum atomic E-state index is 11.5. The van der Waals surface area contributed by atoms with Gasteiger partial charge in [0.1, 0.15) is 0 Å². The lowest BCUT2D eigenvalue weighted by molar-refractivity contribution is 0.476. The van der Waals surface area contributed by atoms with Crippen LogP contribution in [-0.2, 0) is 22.9 Å². The maximum Gasteiger partial charge on any atom is 0.193 e. The molecule has 1 N–H and O–H groups in total. The van der Waals surface area contributed by atoms with Gasteiger partial charge >= 0.3 is 0 Å². The molecule has 0 bridgehead atoms. The van der Waals surface area contributed by atoms with Crippen LogP contribution in [0, 0.1) is 0 Å². The number of hydrogen-bond donors (Lipinski definition) is 1. The lowest BCUT2D eigenvalue weighted by Gasteiger charge is -2.22. The van der Waals surface area contributed by atoms with Crippen LogP contribution in [0.15, 0.2) is 52.4 Å². The Morgan fingerprint density at radius 1 is 1.08 bits per heavy atom. The molecule has 0 saturated heterocycles. The maximum absolute atomic E-state index is 11.5. The first kappa shape index (κ1) is 20.6. The summed E-state index contributed by atoms with van der Waals surface area (Å²) in [6.45, 7) is 1.14. The van der Waals surface area contributed by atoms with Gasteiger partial charge in [-0.15, -0.1) is 0 Å². The summed E-state index contributed by atoms with van der Waals surface area (Å²) in [6.07, 6.45) is 1.19. The molecule has 0 spiro atoms. The third kappa shape index (κ3) is 5.62. The quantitative estimate of drug-likeness (QED) is 0.600. The van der Waals surface area contributed by atoms with Gasteiger partial charge in [-0.1, -0.05) is 41.4 Å². The van der Waals surface area contributed by atoms with Crippen LogP contribution in [-0.4, -0.2) is 39.6 Å². The summed E-state index contributed by atoms with van der Waals surface area (Å²) >= 11 is 12.0. The Balaban J connectivity index is 1.99. The van der Waals surface area contributed by atoms with E-state index in [0.29, 0.717) is 34.0 Å². The smallest absolute Gasteiger partial charge is 0.193 e. The van der Waals surface area contributed by atoms with Gasteiger partial charge in [0.2, 0.25) is 0 Å². The summed E-state index contributed by atoms with van der Waals surface area (Å²) in [5.74, 6) is 0.711. The molecule has 0 aliphatic heterocycles. The molecule has 0 unspecified atom stereocenters. The van der Waals surface area contributed by atoms with Crippen molar-refractivity contribution < 1.29 is 8.42 Å². The molecule has 8 heteroatoms. The summed E-state index contributed by atoms with van der Waals surface area (Å²) < 4.78 is 23.0. The fourth-order valence-corrected chi connectivity index (χ4v) is 3.36. The second-order valence-corrected chi connectivity index (χ2v) is 8.75. The second kappa shape index (κ2) is 8.75. The van der Waals surface area contributed by atoms with Crippen molar-refractivity contribution in [3.05, 3.63) is 63.6 Å². The third-order valence-electron chi connectivity index (χ3n) is 3.78. The van der Waals surface area contributed by atoms with Crippen LogP contribution in [0.3, 0.4) is 0 Å². The van der Waals surface area contributed by atoms with Crippen molar-refractivity contribution in [3.8, 4) is 0 Å². The average molecular weight is 414 g/mol. The fourth-order valence-electron chi connectivity index (χ4n) is 2.41. The number of sulfone groups is 1. The molecule has 0 saturated carbocycles. The lowest BCUT2D eigenvalue weighted by Crippen LogP contribution is -2.38. The van der Waals surface area contributed by atoms with Gasteiger partial charge in [-0.05, 0) is 35.4 Å². The molecule has 26 heavy (non-hydrogen) atoms. The third-order valence-corrected chi connectivity index (χ3v) is 5.65. The summed E-state index contributed by atoms with van der Waals surface area (Å²) in [7, 11) is 0.447. The van der Waals surface area contributed by atoms with Crippen LogP contribution in [0.4, 0.5) is 0 Å². The van der Waals surface area contributed by atoms with Crippen molar-refractivity contribution >= 4 is 39.0 Å². The molecule has 140 valence electrons. The minimum atomic E-state index is -3.18. The molecule has 0 aliphatic carbocycles. The Morgan fingerprint density at radius 3 is 2.23 bits per heavy atom. The summed E-state index contributed by atoms with van der Waals surface area (Å²) in [5, 5.41) is 4.30. The first-order chi connectivity index (χ1) is 12.2. The Kier molecular flexibility index (Phi) is 6.92. The van der Waals surface area contributed by atoms with E-state index >= 15 is 0 Å². The number of nitrogens with zero attached hydrogens (tertiary/aromatic N) is 2. The average Bonchev–Trinajstić information content (AvgIpc) is 2.58. The van der Waals surface area contributed by atoms with Crippen LogP contribution >= 0.6 is 23.2 Å². The second-order valence-electron chi connectivity index (χ2n) is 5.92. The van der Waals surface area contributed by atoms with Crippen molar-refractivity contribution in [2.75, 3.05) is 20.4 Å². The Bertz CT molecular complexity index is 897. The van der Waals surface area contributed by atoms with Gasteiger partial charge < -0.3 is 10.2 Å². The Hall–Kier alpha value is -1.76. The molecule has 2 rings (SSSR count). The van der Waals surface area contributed by atoms with E-state index in [0.717, 1.165) is 11.1 Å². The van der Waals surface area contributed by atoms with E-state index in [1.165, 1.54) is 6.26 Å². The monoisotopic (exact) mass is 413 g/mol. The van der Waals surface area contributed by atoms with E-state index in [2.05, 4.69) is 10.3 Å². The largest absolute Gasteiger partial charge is 0.352 e. The van der Waals surface area contributed by atoms with Gasteiger partial charge in [0, 0.05) is 33.4 Å². The normalized spacial score (nSPS) is 12.1. The number of guanidine groups is 1. The number of aliphatic imine (C=N–C) groups is 1. The molecule has 0 fully saturated rings. The van der Waals surface area contributed by atoms with Gasteiger partial charge in [0.05, 0.1) is 14.9 Å². The zero-order valence-electron chi connectivity index (χ0n) is 14.8. The Morgan fingerprint density at radius 2 is 1.69 bits per heavy atom. The fraction of sp³-hybridized carbons (Fsp3) is 0.278. The molecular formula is C18H21Cl2N3O2S. The zero-order chi connectivity index (χ0) is 19.3. The van der Waals surface area contributed by atoms with Crippen LogP contribution < -0.4 is 5.32 Å². The number of benzene rings is 2. The van der Waals surface area contributed by atoms with E-state index < -0.39 is 9.84 Å². The number of rotatable bonds is 5. The van der Waals surface area contributed by atoms with E-state index in [1.54, 1.807) is 37.4 Å². The molecule has 0 heterocycles. The highest BCUT2D eigenvalue weighted by Gasteiger charge is 2.09. The van der Waals surface area contributed by atoms with Crippen LogP contribution in [0.2, 0.25) is 10.0 Å². The zero-order valence-corrected chi connectivity index (χ0v) is 17.2. The van der Waals surface area contributed by atoms with Crippen LogP contribution in [0.1, 0.15) is 11.1 Å². The first-order valence-electron chi connectivity index (χ1n) is 7.85. The number of halogens is 2. The van der Waals surface area contributed by atoms with Gasteiger partial charge in [-0.2, -0.15) is 0 Å². The summed E-state index contributed by atoms with van der Waals surface area (Å²) in [5.41, 5.74) is 1.98. The van der Waals surface area contributed by atoms with E-state index in [4.69, 9.17) is 23.2 Å². The van der Waals surface area contributed by atoms with Crippen molar-refractivity contribution in [1.82, 2.24) is 10.2 Å².